The fourth-order valence-electron chi connectivity index (χ4n) is 5.05. The van der Waals surface area contributed by atoms with Crippen molar-refractivity contribution < 1.29 is 0 Å². The first-order valence-electron chi connectivity index (χ1n) is 13.6. The fourth-order valence-corrected chi connectivity index (χ4v) is 5.05. The average molecular weight is 417 g/mol. The molecule has 1 heteroatoms. The van der Waals surface area contributed by atoms with E-state index in [1.54, 1.807) is 5.69 Å². The van der Waals surface area contributed by atoms with Crippen LogP contribution in [-0.2, 0) is 0 Å². The molecule has 30 heavy (non-hydrogen) atoms. The Morgan fingerprint density at radius 2 is 0.867 bits per heavy atom. The SMILES string of the molecule is CCCCCCCCCCCCCCCC[N+](CCC)(CCC)c1ccc(C)cc1. The number of hydrogen-bond acceptors (Lipinski definition) is 0. The van der Waals surface area contributed by atoms with Gasteiger partial charge in [-0.3, -0.25) is 4.48 Å². The Labute approximate surface area is 190 Å². The summed E-state index contributed by atoms with van der Waals surface area (Å²) in [6.45, 7) is 13.1. The van der Waals surface area contributed by atoms with Gasteiger partial charge in [0.15, 0.2) is 0 Å². The van der Waals surface area contributed by atoms with E-state index in [0.29, 0.717) is 0 Å². The molecule has 0 aromatic heterocycles. The molecule has 0 aliphatic rings. The smallest absolute Gasteiger partial charge is 0.132 e. The van der Waals surface area contributed by atoms with Gasteiger partial charge < -0.3 is 0 Å². The minimum absolute atomic E-state index is 1.20. The van der Waals surface area contributed by atoms with Gasteiger partial charge in [-0.2, -0.15) is 0 Å². The molecule has 0 bridgehead atoms. The Morgan fingerprint density at radius 1 is 0.467 bits per heavy atom. The lowest BCUT2D eigenvalue weighted by atomic mass is 10.0. The summed E-state index contributed by atoms with van der Waals surface area (Å²) in [5.41, 5.74) is 2.92. The van der Waals surface area contributed by atoms with Crippen LogP contribution in [0.5, 0.6) is 0 Å². The Morgan fingerprint density at radius 3 is 1.27 bits per heavy atom. The molecule has 0 radical (unpaired) electrons. The van der Waals surface area contributed by atoms with Crippen LogP contribution in [0.4, 0.5) is 5.69 Å². The van der Waals surface area contributed by atoms with Gasteiger partial charge in [-0.05, 0) is 44.7 Å². The van der Waals surface area contributed by atoms with Crippen molar-refractivity contribution in [2.75, 3.05) is 19.6 Å². The minimum Gasteiger partial charge on any atom is -0.291 e. The highest BCUT2D eigenvalue weighted by Gasteiger charge is 2.27. The number of unbranched alkanes of at least 4 members (excludes halogenated alkanes) is 13. The lowest BCUT2D eigenvalue weighted by Gasteiger charge is -2.38. The zero-order valence-electron chi connectivity index (χ0n) is 21.2. The lowest BCUT2D eigenvalue weighted by Crippen LogP contribution is -2.51. The summed E-state index contributed by atoms with van der Waals surface area (Å²) < 4.78 is 1.20. The summed E-state index contributed by atoms with van der Waals surface area (Å²) in [7, 11) is 0. The van der Waals surface area contributed by atoms with E-state index in [4.69, 9.17) is 0 Å². The van der Waals surface area contributed by atoms with Gasteiger partial charge in [0.05, 0.1) is 19.6 Å². The molecule has 1 nitrogen and oxygen atoms in total. The number of rotatable bonds is 20. The molecule has 1 aromatic rings. The summed E-state index contributed by atoms with van der Waals surface area (Å²) in [6, 6.07) is 9.40. The molecular formula is C29H54N+. The van der Waals surface area contributed by atoms with Crippen molar-refractivity contribution in [2.24, 2.45) is 0 Å². The maximum atomic E-state index is 2.39. The normalized spacial score (nSPS) is 11.9. The van der Waals surface area contributed by atoms with E-state index >= 15 is 0 Å². The molecular weight excluding hydrogens is 362 g/mol. The predicted molar refractivity (Wildman–Crippen MR) is 138 cm³/mol. The van der Waals surface area contributed by atoms with Crippen molar-refractivity contribution in [3.63, 3.8) is 0 Å². The monoisotopic (exact) mass is 416 g/mol. The quantitative estimate of drug-likeness (QED) is 0.146. The van der Waals surface area contributed by atoms with Crippen LogP contribution in [0.2, 0.25) is 0 Å². The van der Waals surface area contributed by atoms with Gasteiger partial charge in [-0.1, -0.05) is 116 Å². The summed E-state index contributed by atoms with van der Waals surface area (Å²) in [6.07, 6.45) is 22.7. The topological polar surface area (TPSA) is 0 Å². The van der Waals surface area contributed by atoms with E-state index in [2.05, 4.69) is 52.0 Å². The Hall–Kier alpha value is -0.820. The van der Waals surface area contributed by atoms with Gasteiger partial charge in [-0.15, -0.1) is 0 Å². The van der Waals surface area contributed by atoms with Gasteiger partial charge in [-0.25, -0.2) is 0 Å². The van der Waals surface area contributed by atoms with E-state index in [9.17, 15) is 0 Å². The summed E-state index contributed by atoms with van der Waals surface area (Å²) in [5.74, 6) is 0. The van der Waals surface area contributed by atoms with Crippen LogP contribution >= 0.6 is 0 Å². The molecule has 0 saturated heterocycles. The molecule has 0 aliphatic heterocycles. The molecule has 0 aliphatic carbocycles. The van der Waals surface area contributed by atoms with Gasteiger partial charge in [0.25, 0.3) is 0 Å². The second-order valence-corrected chi connectivity index (χ2v) is 9.75. The van der Waals surface area contributed by atoms with Crippen molar-refractivity contribution in [1.29, 1.82) is 0 Å². The summed E-state index contributed by atoms with van der Waals surface area (Å²) in [5, 5.41) is 0. The maximum Gasteiger partial charge on any atom is 0.132 e. The molecule has 0 spiro atoms. The van der Waals surface area contributed by atoms with E-state index in [1.807, 2.05) is 0 Å². The second-order valence-electron chi connectivity index (χ2n) is 9.75. The third-order valence-electron chi connectivity index (χ3n) is 6.82. The van der Waals surface area contributed by atoms with Crippen LogP contribution < -0.4 is 4.48 Å². The molecule has 0 atom stereocenters. The Balaban J connectivity index is 2.19. The standard InChI is InChI=1S/C29H54N/c1-5-8-9-10-11-12-13-14-15-16-17-18-19-20-27-30(25-6-2,26-7-3)29-23-21-28(4)22-24-29/h21-24H,5-20,25-27H2,1-4H3/q+1. The van der Waals surface area contributed by atoms with Crippen molar-refractivity contribution in [2.45, 2.75) is 130 Å². The molecule has 0 amide bonds. The highest BCUT2D eigenvalue weighted by atomic mass is 15.4. The molecule has 1 rings (SSSR count). The minimum atomic E-state index is 1.20. The summed E-state index contributed by atoms with van der Waals surface area (Å²) in [4.78, 5) is 0. The zero-order chi connectivity index (χ0) is 21.9. The van der Waals surface area contributed by atoms with Gasteiger partial charge in [0.2, 0.25) is 0 Å². The lowest BCUT2D eigenvalue weighted by molar-refractivity contribution is 0.265. The van der Waals surface area contributed by atoms with Crippen molar-refractivity contribution in [1.82, 2.24) is 4.48 Å². The first-order chi connectivity index (χ1) is 14.7. The van der Waals surface area contributed by atoms with Gasteiger partial charge >= 0.3 is 0 Å². The highest BCUT2D eigenvalue weighted by molar-refractivity contribution is 5.44. The number of hydrogen-bond donors (Lipinski definition) is 0. The molecule has 174 valence electrons. The van der Waals surface area contributed by atoms with Crippen LogP contribution in [0.25, 0.3) is 0 Å². The van der Waals surface area contributed by atoms with Crippen LogP contribution in [-0.4, -0.2) is 19.6 Å². The Kier molecular flexibility index (Phi) is 16.2. The number of quaternary nitrogens is 1. The maximum absolute atomic E-state index is 2.39. The first kappa shape index (κ1) is 27.2. The zero-order valence-corrected chi connectivity index (χ0v) is 21.2. The molecule has 0 heterocycles. The van der Waals surface area contributed by atoms with E-state index in [-0.39, 0.29) is 0 Å². The summed E-state index contributed by atoms with van der Waals surface area (Å²) >= 11 is 0. The highest BCUT2D eigenvalue weighted by Crippen LogP contribution is 2.26. The molecule has 0 unspecified atom stereocenters. The molecule has 0 fully saturated rings. The van der Waals surface area contributed by atoms with Gasteiger partial charge in [0.1, 0.15) is 5.69 Å². The predicted octanol–water partition coefficient (Wildman–Crippen LogP) is 9.60. The van der Waals surface area contributed by atoms with Gasteiger partial charge in [0, 0.05) is 0 Å². The molecule has 0 N–H and O–H groups in total. The van der Waals surface area contributed by atoms with Crippen molar-refractivity contribution >= 4 is 5.69 Å². The first-order valence-corrected chi connectivity index (χ1v) is 13.6. The fraction of sp³-hybridized carbons (Fsp3) is 0.793. The van der Waals surface area contributed by atoms with Crippen molar-refractivity contribution in [3.05, 3.63) is 29.8 Å². The largest absolute Gasteiger partial charge is 0.291 e. The molecule has 0 saturated carbocycles. The third-order valence-corrected chi connectivity index (χ3v) is 6.82. The number of benzene rings is 1. The van der Waals surface area contributed by atoms with Crippen LogP contribution in [0.1, 0.15) is 129 Å². The second kappa shape index (κ2) is 17.8. The third kappa shape index (κ3) is 11.5. The Bertz CT molecular complexity index is 484. The van der Waals surface area contributed by atoms with Crippen LogP contribution in [0, 0.1) is 6.92 Å². The van der Waals surface area contributed by atoms with Crippen molar-refractivity contribution in [3.8, 4) is 0 Å². The number of aryl methyl sites for hydroxylation is 1. The average Bonchev–Trinajstić information content (AvgIpc) is 2.74. The van der Waals surface area contributed by atoms with E-state index in [1.165, 1.54) is 132 Å². The van der Waals surface area contributed by atoms with E-state index in [0.717, 1.165) is 0 Å². The molecule has 1 aromatic carbocycles. The van der Waals surface area contributed by atoms with E-state index < -0.39 is 0 Å². The number of nitrogens with zero attached hydrogens (tertiary/aromatic N) is 1. The van der Waals surface area contributed by atoms with Crippen LogP contribution in [0.3, 0.4) is 0 Å². The van der Waals surface area contributed by atoms with Crippen LogP contribution in [0.15, 0.2) is 24.3 Å².